The van der Waals surface area contributed by atoms with Crippen molar-refractivity contribution in [1.82, 2.24) is 4.98 Å². The number of piperidine rings is 1. The highest BCUT2D eigenvalue weighted by Gasteiger charge is 2.27. The van der Waals surface area contributed by atoms with Crippen LogP contribution in [0.2, 0.25) is 0 Å². The van der Waals surface area contributed by atoms with Crippen molar-refractivity contribution < 1.29 is 14.0 Å². The number of para-hydroxylation sites is 2. The lowest BCUT2D eigenvalue weighted by Gasteiger charge is -2.30. The van der Waals surface area contributed by atoms with E-state index in [1.807, 2.05) is 24.3 Å². The van der Waals surface area contributed by atoms with Gasteiger partial charge in [0.15, 0.2) is 5.58 Å². The van der Waals surface area contributed by atoms with E-state index in [4.69, 9.17) is 10.2 Å². The molecule has 0 unspecified atom stereocenters. The molecule has 0 saturated carbocycles. The topological polar surface area (TPSA) is 113 Å². The van der Waals surface area contributed by atoms with Gasteiger partial charge in [0.1, 0.15) is 5.52 Å². The van der Waals surface area contributed by atoms with Crippen molar-refractivity contribution in [3.8, 4) is 0 Å². The predicted molar refractivity (Wildman–Crippen MR) is 107 cm³/mol. The van der Waals surface area contributed by atoms with Gasteiger partial charge in [-0.2, -0.15) is 4.98 Å². The van der Waals surface area contributed by atoms with Crippen molar-refractivity contribution in [2.75, 3.05) is 28.6 Å². The van der Waals surface area contributed by atoms with Crippen molar-refractivity contribution in [2.24, 2.45) is 11.7 Å². The monoisotopic (exact) mass is 379 g/mol. The first-order chi connectivity index (χ1) is 13.6. The molecule has 1 aliphatic rings. The van der Waals surface area contributed by atoms with Crippen LogP contribution >= 0.6 is 0 Å². The van der Waals surface area contributed by atoms with E-state index in [0.29, 0.717) is 30.5 Å². The van der Waals surface area contributed by atoms with Crippen LogP contribution < -0.4 is 21.3 Å². The molecule has 1 saturated heterocycles. The minimum atomic E-state index is -0.623. The SMILES string of the molecule is NC(=O)Nc1ccc(NC(=O)C2CCN(c3nc4ccccc4o3)CC2)cc1. The van der Waals surface area contributed by atoms with Crippen LogP contribution in [0.25, 0.3) is 11.1 Å². The Hall–Kier alpha value is -3.55. The third-order valence-corrected chi connectivity index (χ3v) is 4.84. The van der Waals surface area contributed by atoms with Gasteiger partial charge in [-0.15, -0.1) is 0 Å². The van der Waals surface area contributed by atoms with Crippen molar-refractivity contribution in [3.63, 3.8) is 0 Å². The highest BCUT2D eigenvalue weighted by Crippen LogP contribution is 2.27. The molecule has 3 aromatic rings. The second-order valence-electron chi connectivity index (χ2n) is 6.78. The first-order valence-corrected chi connectivity index (χ1v) is 9.16. The Bertz CT molecular complexity index is 958. The van der Waals surface area contributed by atoms with E-state index in [2.05, 4.69) is 20.5 Å². The maximum absolute atomic E-state index is 12.6. The van der Waals surface area contributed by atoms with Crippen LogP contribution in [-0.2, 0) is 4.79 Å². The lowest BCUT2D eigenvalue weighted by molar-refractivity contribution is -0.120. The van der Waals surface area contributed by atoms with E-state index in [1.165, 1.54) is 0 Å². The number of hydrogen-bond donors (Lipinski definition) is 3. The first-order valence-electron chi connectivity index (χ1n) is 9.16. The molecule has 0 spiro atoms. The fraction of sp³-hybridized carbons (Fsp3) is 0.250. The molecule has 0 atom stereocenters. The lowest BCUT2D eigenvalue weighted by Crippen LogP contribution is -2.38. The standard InChI is InChI=1S/C20H21N5O3/c21-19(27)23-15-7-5-14(6-8-15)22-18(26)13-9-11-25(12-10-13)20-24-16-3-1-2-4-17(16)28-20/h1-8,13H,9-12H2,(H,22,26)(H3,21,23,27). The van der Waals surface area contributed by atoms with Crippen LogP contribution in [0.1, 0.15) is 12.8 Å². The Labute approximate surface area is 161 Å². The largest absolute Gasteiger partial charge is 0.423 e. The number of rotatable bonds is 4. The average Bonchev–Trinajstić information content (AvgIpc) is 3.13. The maximum atomic E-state index is 12.6. The average molecular weight is 379 g/mol. The van der Waals surface area contributed by atoms with Gasteiger partial charge in [0.25, 0.3) is 6.01 Å². The Morgan fingerprint density at radius 3 is 2.29 bits per heavy atom. The smallest absolute Gasteiger partial charge is 0.316 e. The molecule has 1 aliphatic heterocycles. The molecule has 28 heavy (non-hydrogen) atoms. The van der Waals surface area contributed by atoms with Crippen LogP contribution in [0.15, 0.2) is 52.9 Å². The zero-order valence-electron chi connectivity index (χ0n) is 15.2. The summed E-state index contributed by atoms with van der Waals surface area (Å²) in [5.41, 5.74) is 7.95. The van der Waals surface area contributed by atoms with Gasteiger partial charge < -0.3 is 25.7 Å². The summed E-state index contributed by atoms with van der Waals surface area (Å²) < 4.78 is 5.81. The number of hydrogen-bond acceptors (Lipinski definition) is 5. The first kappa shape index (κ1) is 17.8. The third kappa shape index (κ3) is 3.90. The summed E-state index contributed by atoms with van der Waals surface area (Å²) in [5, 5.41) is 5.41. The fourth-order valence-electron chi connectivity index (χ4n) is 3.35. The van der Waals surface area contributed by atoms with Gasteiger partial charge in [-0.25, -0.2) is 4.79 Å². The highest BCUT2D eigenvalue weighted by molar-refractivity contribution is 5.93. The highest BCUT2D eigenvalue weighted by atomic mass is 16.4. The summed E-state index contributed by atoms with van der Waals surface area (Å²) >= 11 is 0. The van der Waals surface area contributed by atoms with Gasteiger partial charge in [0, 0.05) is 30.4 Å². The molecule has 0 radical (unpaired) electrons. The number of benzene rings is 2. The zero-order chi connectivity index (χ0) is 19.5. The van der Waals surface area contributed by atoms with Crippen LogP contribution in [0.3, 0.4) is 0 Å². The Morgan fingerprint density at radius 1 is 1.00 bits per heavy atom. The molecule has 4 N–H and O–H groups in total. The second-order valence-corrected chi connectivity index (χ2v) is 6.78. The molecular weight excluding hydrogens is 358 g/mol. The van der Waals surface area contributed by atoms with E-state index in [1.54, 1.807) is 24.3 Å². The molecule has 3 amide bonds. The Balaban J connectivity index is 1.33. The minimum Gasteiger partial charge on any atom is -0.423 e. The van der Waals surface area contributed by atoms with Crippen molar-refractivity contribution >= 4 is 40.4 Å². The molecule has 2 heterocycles. The number of carbonyl (C=O) groups is 2. The quantitative estimate of drug-likeness (QED) is 0.644. The summed E-state index contributed by atoms with van der Waals surface area (Å²) in [5.74, 6) is -0.0723. The van der Waals surface area contributed by atoms with Crippen molar-refractivity contribution in [2.45, 2.75) is 12.8 Å². The van der Waals surface area contributed by atoms with Crippen LogP contribution in [0, 0.1) is 5.92 Å². The second kappa shape index (κ2) is 7.59. The molecule has 0 bridgehead atoms. The Kier molecular flexibility index (Phi) is 4.84. The van der Waals surface area contributed by atoms with Gasteiger partial charge in [0.2, 0.25) is 5.91 Å². The van der Waals surface area contributed by atoms with Crippen molar-refractivity contribution in [1.29, 1.82) is 0 Å². The van der Waals surface area contributed by atoms with E-state index >= 15 is 0 Å². The van der Waals surface area contributed by atoms with Crippen LogP contribution in [-0.4, -0.2) is 30.0 Å². The summed E-state index contributed by atoms with van der Waals surface area (Å²) in [6, 6.07) is 14.5. The number of urea groups is 1. The number of nitrogens with one attached hydrogen (secondary N) is 2. The van der Waals surface area contributed by atoms with Gasteiger partial charge in [-0.1, -0.05) is 12.1 Å². The molecule has 1 aromatic heterocycles. The Morgan fingerprint density at radius 2 is 1.64 bits per heavy atom. The molecule has 8 nitrogen and oxygen atoms in total. The van der Waals surface area contributed by atoms with E-state index in [0.717, 1.165) is 23.9 Å². The number of oxazole rings is 1. The van der Waals surface area contributed by atoms with E-state index in [-0.39, 0.29) is 11.8 Å². The van der Waals surface area contributed by atoms with E-state index < -0.39 is 6.03 Å². The fourth-order valence-corrected chi connectivity index (χ4v) is 3.35. The third-order valence-electron chi connectivity index (χ3n) is 4.84. The predicted octanol–water partition coefficient (Wildman–Crippen LogP) is 3.17. The molecule has 8 heteroatoms. The minimum absolute atomic E-state index is 0.00664. The number of anilines is 3. The summed E-state index contributed by atoms with van der Waals surface area (Å²) in [4.78, 5) is 30.0. The molecule has 4 rings (SSSR count). The van der Waals surface area contributed by atoms with Crippen molar-refractivity contribution in [3.05, 3.63) is 48.5 Å². The number of nitrogens with zero attached hydrogens (tertiary/aromatic N) is 2. The van der Waals surface area contributed by atoms with Gasteiger partial charge in [-0.05, 0) is 49.2 Å². The molecule has 2 aromatic carbocycles. The summed E-state index contributed by atoms with van der Waals surface area (Å²) in [6.07, 6.45) is 1.46. The number of primary amides is 1. The summed E-state index contributed by atoms with van der Waals surface area (Å²) in [7, 11) is 0. The van der Waals surface area contributed by atoms with Crippen LogP contribution in [0.5, 0.6) is 0 Å². The number of carbonyl (C=O) groups excluding carboxylic acids is 2. The molecule has 0 aliphatic carbocycles. The van der Waals surface area contributed by atoms with E-state index in [9.17, 15) is 9.59 Å². The van der Waals surface area contributed by atoms with Gasteiger partial charge >= 0.3 is 6.03 Å². The van der Waals surface area contributed by atoms with Crippen LogP contribution in [0.4, 0.5) is 22.2 Å². The number of fused-ring (bicyclic) bond motifs is 1. The maximum Gasteiger partial charge on any atom is 0.316 e. The van der Waals surface area contributed by atoms with Gasteiger partial charge in [0.05, 0.1) is 0 Å². The number of amides is 3. The molecular formula is C20H21N5O3. The molecule has 1 fully saturated rings. The number of nitrogens with two attached hydrogens (primary N) is 1. The normalized spacial score (nSPS) is 14.8. The zero-order valence-corrected chi connectivity index (χ0v) is 15.2. The molecule has 144 valence electrons. The lowest BCUT2D eigenvalue weighted by atomic mass is 9.96. The van der Waals surface area contributed by atoms with Gasteiger partial charge in [-0.3, -0.25) is 4.79 Å². The number of aromatic nitrogens is 1. The summed E-state index contributed by atoms with van der Waals surface area (Å²) in [6.45, 7) is 1.43.